The van der Waals surface area contributed by atoms with Gasteiger partial charge in [0.1, 0.15) is 0 Å². The van der Waals surface area contributed by atoms with Crippen molar-refractivity contribution in [2.24, 2.45) is 11.8 Å². The van der Waals surface area contributed by atoms with Crippen molar-refractivity contribution in [2.75, 3.05) is 19.6 Å². The second kappa shape index (κ2) is 6.81. The molecule has 0 saturated carbocycles. The molecule has 3 saturated heterocycles. The molecular weight excluding hydrogens is 301 g/mol. The molecule has 3 aliphatic rings. The Kier molecular flexibility index (Phi) is 4.97. The Labute approximate surface area is 136 Å². The van der Waals surface area contributed by atoms with Crippen molar-refractivity contribution in [2.45, 2.75) is 44.9 Å². The van der Waals surface area contributed by atoms with Crippen LogP contribution < -0.4 is 5.32 Å². The summed E-state index contributed by atoms with van der Waals surface area (Å²) in [4.78, 5) is 2.59. The molecule has 2 nitrogen and oxygen atoms in total. The minimum absolute atomic E-state index is 0.581. The van der Waals surface area contributed by atoms with Crippen LogP contribution in [0.5, 0.6) is 0 Å². The highest BCUT2D eigenvalue weighted by Gasteiger charge is 2.38. The summed E-state index contributed by atoms with van der Waals surface area (Å²) in [6.07, 6.45) is -0.393. The minimum atomic E-state index is -4.25. The van der Waals surface area contributed by atoms with Crippen LogP contribution in [0, 0.1) is 11.8 Å². The number of hydrogen-bond donors (Lipinski definition) is 1. The first-order valence-electron chi connectivity index (χ1n) is 8.58. The number of fused-ring (bicyclic) bond motifs is 3. The summed E-state index contributed by atoms with van der Waals surface area (Å²) in [5.41, 5.74) is 0.322. The van der Waals surface area contributed by atoms with Crippen LogP contribution in [-0.4, -0.2) is 30.6 Å². The van der Waals surface area contributed by atoms with Crippen molar-refractivity contribution < 1.29 is 13.2 Å². The highest BCUT2D eigenvalue weighted by molar-refractivity contribution is 5.24. The summed E-state index contributed by atoms with van der Waals surface area (Å²) in [5, 5.41) is 3.42. The van der Waals surface area contributed by atoms with Crippen molar-refractivity contribution in [3.63, 3.8) is 0 Å². The molecule has 5 heteroatoms. The fraction of sp³-hybridized carbons (Fsp3) is 0.667. The number of alkyl halides is 3. The molecule has 1 unspecified atom stereocenters. The van der Waals surface area contributed by atoms with E-state index in [-0.39, 0.29) is 0 Å². The van der Waals surface area contributed by atoms with Gasteiger partial charge in [0.05, 0.1) is 5.56 Å². The molecule has 4 rings (SSSR count). The van der Waals surface area contributed by atoms with Gasteiger partial charge in [0, 0.05) is 25.7 Å². The molecule has 3 aliphatic heterocycles. The Morgan fingerprint density at radius 1 is 1.22 bits per heavy atom. The van der Waals surface area contributed by atoms with E-state index < -0.39 is 11.7 Å². The fourth-order valence-corrected chi connectivity index (χ4v) is 4.12. The van der Waals surface area contributed by atoms with E-state index in [2.05, 4.69) is 17.1 Å². The molecule has 1 aromatic rings. The average molecular weight is 326 g/mol. The van der Waals surface area contributed by atoms with Crippen LogP contribution in [0.25, 0.3) is 0 Å². The predicted octanol–water partition coefficient (Wildman–Crippen LogP) is 3.92. The van der Waals surface area contributed by atoms with E-state index in [0.29, 0.717) is 12.6 Å². The summed E-state index contributed by atoms with van der Waals surface area (Å²) < 4.78 is 37.6. The molecule has 128 valence electrons. The Hall–Kier alpha value is -1.07. The van der Waals surface area contributed by atoms with E-state index in [4.69, 9.17) is 0 Å². The zero-order valence-corrected chi connectivity index (χ0v) is 13.6. The molecule has 3 fully saturated rings. The number of rotatable bonds is 5. The first-order chi connectivity index (χ1) is 11.0. The Bertz CT molecular complexity index is 512. The fourth-order valence-electron chi connectivity index (χ4n) is 4.12. The number of piperidine rings is 3. The van der Waals surface area contributed by atoms with Gasteiger partial charge in [-0.2, -0.15) is 13.2 Å². The van der Waals surface area contributed by atoms with Gasteiger partial charge in [-0.3, -0.25) is 4.90 Å². The van der Waals surface area contributed by atoms with E-state index in [1.807, 2.05) is 0 Å². The lowest BCUT2D eigenvalue weighted by Crippen LogP contribution is -2.56. The van der Waals surface area contributed by atoms with Crippen LogP contribution in [0.4, 0.5) is 13.2 Å². The molecule has 0 amide bonds. The lowest BCUT2D eigenvalue weighted by Gasteiger charge is -2.50. The highest BCUT2D eigenvalue weighted by atomic mass is 19.4. The zero-order chi connectivity index (χ0) is 16.4. The standard InChI is InChI=1S/C18H25F3N2/c1-2-14-12-23-8-7-15(14)9-17(23)11-22-10-13-3-5-16(6-4-13)18(19,20)21/h3-6,14-15,17,22H,2,7-12H2,1H3/t14-,15-,17+/m0/s1. The van der Waals surface area contributed by atoms with Crippen LogP contribution in [-0.2, 0) is 12.7 Å². The predicted molar refractivity (Wildman–Crippen MR) is 85.0 cm³/mol. The second-order valence-electron chi connectivity index (χ2n) is 6.93. The van der Waals surface area contributed by atoms with Crippen LogP contribution in [0.2, 0.25) is 0 Å². The Balaban J connectivity index is 1.47. The normalized spacial score (nSPS) is 30.6. The van der Waals surface area contributed by atoms with Crippen LogP contribution in [0.1, 0.15) is 37.3 Å². The highest BCUT2D eigenvalue weighted by Crippen LogP contribution is 2.37. The zero-order valence-electron chi connectivity index (χ0n) is 13.6. The van der Waals surface area contributed by atoms with E-state index in [1.165, 1.54) is 32.4 Å². The average Bonchev–Trinajstić information content (AvgIpc) is 2.55. The van der Waals surface area contributed by atoms with Gasteiger partial charge >= 0.3 is 6.18 Å². The smallest absolute Gasteiger partial charge is 0.311 e. The van der Waals surface area contributed by atoms with Gasteiger partial charge < -0.3 is 5.32 Å². The van der Waals surface area contributed by atoms with Gasteiger partial charge in [-0.25, -0.2) is 0 Å². The van der Waals surface area contributed by atoms with Crippen molar-refractivity contribution in [3.8, 4) is 0 Å². The second-order valence-corrected chi connectivity index (χ2v) is 6.93. The van der Waals surface area contributed by atoms with Crippen LogP contribution in [0.3, 0.4) is 0 Å². The van der Waals surface area contributed by atoms with Crippen molar-refractivity contribution >= 4 is 0 Å². The van der Waals surface area contributed by atoms with Crippen molar-refractivity contribution in [1.82, 2.24) is 10.2 Å². The molecule has 2 bridgehead atoms. The van der Waals surface area contributed by atoms with E-state index >= 15 is 0 Å². The van der Waals surface area contributed by atoms with Crippen LogP contribution in [0.15, 0.2) is 24.3 Å². The van der Waals surface area contributed by atoms with Gasteiger partial charge in [0.25, 0.3) is 0 Å². The lowest BCUT2D eigenvalue weighted by atomic mass is 9.74. The Morgan fingerprint density at radius 3 is 2.52 bits per heavy atom. The molecule has 0 aromatic heterocycles. The third-order valence-electron chi connectivity index (χ3n) is 5.53. The van der Waals surface area contributed by atoms with Gasteiger partial charge in [0.2, 0.25) is 0 Å². The number of nitrogens with one attached hydrogen (secondary N) is 1. The maximum absolute atomic E-state index is 12.5. The molecule has 1 N–H and O–H groups in total. The van der Waals surface area contributed by atoms with E-state index in [0.717, 1.165) is 36.1 Å². The number of hydrogen-bond acceptors (Lipinski definition) is 2. The Morgan fingerprint density at radius 2 is 1.96 bits per heavy atom. The molecule has 0 radical (unpaired) electrons. The minimum Gasteiger partial charge on any atom is -0.311 e. The molecule has 0 aliphatic carbocycles. The third-order valence-corrected chi connectivity index (χ3v) is 5.53. The van der Waals surface area contributed by atoms with Gasteiger partial charge in [-0.1, -0.05) is 25.5 Å². The molecule has 0 spiro atoms. The molecule has 23 heavy (non-hydrogen) atoms. The number of benzene rings is 1. The summed E-state index contributed by atoms with van der Waals surface area (Å²) in [6, 6.07) is 6.04. The van der Waals surface area contributed by atoms with Gasteiger partial charge in [-0.15, -0.1) is 0 Å². The molecular formula is C18H25F3N2. The first-order valence-corrected chi connectivity index (χ1v) is 8.58. The van der Waals surface area contributed by atoms with Gasteiger partial charge in [0.15, 0.2) is 0 Å². The molecule has 1 aromatic carbocycles. The van der Waals surface area contributed by atoms with Gasteiger partial charge in [-0.05, 0) is 48.9 Å². The third kappa shape index (κ3) is 3.89. The van der Waals surface area contributed by atoms with Crippen molar-refractivity contribution in [1.29, 1.82) is 0 Å². The topological polar surface area (TPSA) is 15.3 Å². The van der Waals surface area contributed by atoms with E-state index in [1.54, 1.807) is 12.1 Å². The maximum atomic E-state index is 12.5. The first kappa shape index (κ1) is 16.8. The van der Waals surface area contributed by atoms with Crippen LogP contribution >= 0.6 is 0 Å². The van der Waals surface area contributed by atoms with Crippen molar-refractivity contribution in [3.05, 3.63) is 35.4 Å². The SMILES string of the molecule is CC[C@H]1CN2CC[C@H]1C[C@@H]2CNCc1ccc(C(F)(F)F)cc1. The number of nitrogens with zero attached hydrogens (tertiary/aromatic N) is 1. The summed E-state index contributed by atoms with van der Waals surface area (Å²) >= 11 is 0. The number of halogens is 3. The monoisotopic (exact) mass is 326 g/mol. The van der Waals surface area contributed by atoms with E-state index in [9.17, 15) is 13.2 Å². The molecule has 3 heterocycles. The lowest BCUT2D eigenvalue weighted by molar-refractivity contribution is -0.137. The quantitative estimate of drug-likeness (QED) is 0.882. The molecule has 4 atom stereocenters. The largest absolute Gasteiger partial charge is 0.416 e. The maximum Gasteiger partial charge on any atom is 0.416 e. The summed E-state index contributed by atoms with van der Waals surface area (Å²) in [6.45, 7) is 6.25. The summed E-state index contributed by atoms with van der Waals surface area (Å²) in [5.74, 6) is 1.72. The summed E-state index contributed by atoms with van der Waals surface area (Å²) in [7, 11) is 0.